The zero-order chi connectivity index (χ0) is 23.0. The van der Waals surface area contributed by atoms with Crippen LogP contribution in [-0.2, 0) is 14.3 Å². The van der Waals surface area contributed by atoms with E-state index in [4.69, 9.17) is 9.47 Å². The molecule has 0 bridgehead atoms. The van der Waals surface area contributed by atoms with Gasteiger partial charge in [-0.15, -0.1) is 0 Å². The van der Waals surface area contributed by atoms with E-state index < -0.39 is 17.5 Å². The molecule has 0 atom stereocenters. The first-order chi connectivity index (χ1) is 14.6. The number of anilines is 1. The third-order valence-corrected chi connectivity index (χ3v) is 4.56. The molecule has 1 aromatic rings. The van der Waals surface area contributed by atoms with Crippen LogP contribution in [0.15, 0.2) is 36.0 Å². The molecule has 1 aliphatic heterocycles. The van der Waals surface area contributed by atoms with Crippen LogP contribution in [0, 0.1) is 11.3 Å². The number of nitrogens with one attached hydrogen (secondary N) is 2. The second-order valence-electron chi connectivity index (χ2n) is 8.07. The molecule has 1 aromatic carbocycles. The minimum Gasteiger partial charge on any atom is -0.465 e. The van der Waals surface area contributed by atoms with Crippen LogP contribution in [0.3, 0.4) is 0 Å². The van der Waals surface area contributed by atoms with Crippen molar-refractivity contribution in [1.82, 2.24) is 10.2 Å². The van der Waals surface area contributed by atoms with E-state index in [1.54, 1.807) is 23.1 Å². The highest BCUT2D eigenvalue weighted by atomic mass is 16.6. The predicted molar refractivity (Wildman–Crippen MR) is 114 cm³/mol. The van der Waals surface area contributed by atoms with Gasteiger partial charge < -0.3 is 25.0 Å². The summed E-state index contributed by atoms with van der Waals surface area (Å²) in [5.41, 5.74) is -0.227. The van der Waals surface area contributed by atoms with E-state index in [2.05, 4.69) is 10.6 Å². The highest BCUT2D eigenvalue weighted by Crippen LogP contribution is 2.18. The van der Waals surface area contributed by atoms with Gasteiger partial charge in [0.05, 0.1) is 18.4 Å². The Morgan fingerprint density at radius 1 is 1.19 bits per heavy atom. The molecule has 9 nitrogen and oxygen atoms in total. The molecule has 2 N–H and O–H groups in total. The lowest BCUT2D eigenvalue weighted by molar-refractivity contribution is -0.112. The highest BCUT2D eigenvalue weighted by Gasteiger charge is 2.26. The van der Waals surface area contributed by atoms with Crippen molar-refractivity contribution in [2.24, 2.45) is 0 Å². The fraction of sp³-hybridized carbons (Fsp3) is 0.455. The summed E-state index contributed by atoms with van der Waals surface area (Å²) in [5, 5.41) is 15.0. The van der Waals surface area contributed by atoms with Gasteiger partial charge in [-0.25, -0.2) is 9.59 Å². The van der Waals surface area contributed by atoms with Crippen LogP contribution in [0.4, 0.5) is 10.5 Å². The van der Waals surface area contributed by atoms with Crippen LogP contribution in [0.2, 0.25) is 0 Å². The van der Waals surface area contributed by atoms with Gasteiger partial charge in [-0.2, -0.15) is 5.26 Å². The summed E-state index contributed by atoms with van der Waals surface area (Å²) in [4.78, 5) is 38.1. The topological polar surface area (TPSA) is 121 Å². The molecule has 1 saturated heterocycles. The SMILES string of the molecule is COC(=O)c1ccccc1NC(=O)/C(C#N)=C\NC1CCN(C(=O)OC(C)(C)C)CC1. The number of rotatable bonds is 5. The summed E-state index contributed by atoms with van der Waals surface area (Å²) in [6.45, 7) is 6.49. The van der Waals surface area contributed by atoms with Crippen molar-refractivity contribution in [1.29, 1.82) is 5.26 Å². The molecule has 1 fully saturated rings. The number of amides is 2. The summed E-state index contributed by atoms with van der Waals surface area (Å²) < 4.78 is 10.1. The Morgan fingerprint density at radius 3 is 2.42 bits per heavy atom. The molecular weight excluding hydrogens is 400 g/mol. The Labute approximate surface area is 182 Å². The van der Waals surface area contributed by atoms with Crippen molar-refractivity contribution >= 4 is 23.7 Å². The van der Waals surface area contributed by atoms with Gasteiger partial charge in [0.2, 0.25) is 0 Å². The van der Waals surface area contributed by atoms with Crippen LogP contribution in [0.5, 0.6) is 0 Å². The van der Waals surface area contributed by atoms with Crippen molar-refractivity contribution in [3.8, 4) is 6.07 Å². The van der Waals surface area contributed by atoms with Crippen molar-refractivity contribution in [3.05, 3.63) is 41.6 Å². The number of nitriles is 1. The maximum Gasteiger partial charge on any atom is 0.410 e. The summed E-state index contributed by atoms with van der Waals surface area (Å²) in [6, 6.07) is 8.26. The first kappa shape index (κ1) is 23.7. The molecule has 1 heterocycles. The Morgan fingerprint density at radius 2 is 1.84 bits per heavy atom. The third kappa shape index (κ3) is 7.03. The number of methoxy groups -OCH3 is 1. The Kier molecular flexibility index (Phi) is 8.02. The van der Waals surface area contributed by atoms with Crippen LogP contribution in [0.25, 0.3) is 0 Å². The van der Waals surface area contributed by atoms with Crippen molar-refractivity contribution in [2.75, 3.05) is 25.5 Å². The monoisotopic (exact) mass is 428 g/mol. The Balaban J connectivity index is 1.94. The molecule has 31 heavy (non-hydrogen) atoms. The normalized spacial score (nSPS) is 14.9. The second kappa shape index (κ2) is 10.5. The second-order valence-corrected chi connectivity index (χ2v) is 8.07. The maximum absolute atomic E-state index is 12.5. The molecule has 0 aliphatic carbocycles. The lowest BCUT2D eigenvalue weighted by Crippen LogP contribution is -2.45. The lowest BCUT2D eigenvalue weighted by atomic mass is 10.1. The summed E-state index contributed by atoms with van der Waals surface area (Å²) in [5.74, 6) is -1.23. The molecule has 0 spiro atoms. The highest BCUT2D eigenvalue weighted by molar-refractivity contribution is 6.09. The standard InChI is InChI=1S/C22H28N4O5/c1-22(2,3)31-21(29)26-11-9-16(10-12-26)24-14-15(13-23)19(27)25-18-8-6-5-7-17(18)20(28)30-4/h5-8,14,16,24H,9-12H2,1-4H3,(H,25,27)/b15-14-. The number of likely N-dealkylation sites (tertiary alicyclic amines) is 1. The predicted octanol–water partition coefficient (Wildman–Crippen LogP) is 2.81. The number of nitrogens with zero attached hydrogens (tertiary/aromatic N) is 2. The number of piperidine rings is 1. The van der Waals surface area contributed by atoms with Gasteiger partial charge in [-0.1, -0.05) is 12.1 Å². The van der Waals surface area contributed by atoms with Crippen LogP contribution in [-0.4, -0.2) is 54.7 Å². The Hall–Kier alpha value is -3.54. The molecule has 1 aliphatic rings. The molecule has 0 aromatic heterocycles. The largest absolute Gasteiger partial charge is 0.465 e. The number of esters is 1. The zero-order valence-corrected chi connectivity index (χ0v) is 18.2. The van der Waals surface area contributed by atoms with E-state index in [9.17, 15) is 19.6 Å². The van der Waals surface area contributed by atoms with Crippen molar-refractivity contribution in [2.45, 2.75) is 45.3 Å². The lowest BCUT2D eigenvalue weighted by Gasteiger charge is -2.33. The number of carbonyl (C=O) groups is 3. The summed E-state index contributed by atoms with van der Waals surface area (Å²) >= 11 is 0. The van der Waals surface area contributed by atoms with Crippen molar-refractivity contribution < 1.29 is 23.9 Å². The van der Waals surface area contributed by atoms with Crippen LogP contribution >= 0.6 is 0 Å². The van der Waals surface area contributed by atoms with Gasteiger partial charge in [-0.3, -0.25) is 4.79 Å². The van der Waals surface area contributed by atoms with Gasteiger partial charge >= 0.3 is 12.1 Å². The van der Waals surface area contributed by atoms with E-state index >= 15 is 0 Å². The molecule has 0 radical (unpaired) electrons. The molecule has 9 heteroatoms. The molecule has 2 rings (SSSR count). The molecule has 0 unspecified atom stereocenters. The van der Waals surface area contributed by atoms with E-state index in [0.29, 0.717) is 25.9 Å². The van der Waals surface area contributed by atoms with Crippen molar-refractivity contribution in [3.63, 3.8) is 0 Å². The quantitative estimate of drug-likeness (QED) is 0.420. The number of hydrogen-bond donors (Lipinski definition) is 2. The van der Waals surface area contributed by atoms with E-state index in [1.807, 2.05) is 26.8 Å². The average molecular weight is 428 g/mol. The number of para-hydroxylation sites is 1. The van der Waals surface area contributed by atoms with E-state index in [-0.39, 0.29) is 29.0 Å². The number of carbonyl (C=O) groups excluding carboxylic acids is 3. The van der Waals surface area contributed by atoms with E-state index in [0.717, 1.165) is 0 Å². The van der Waals surface area contributed by atoms with Gasteiger partial charge in [0.1, 0.15) is 17.2 Å². The van der Waals surface area contributed by atoms with Gasteiger partial charge in [0.25, 0.3) is 5.91 Å². The molecule has 166 valence electrons. The van der Waals surface area contributed by atoms with Gasteiger partial charge in [0, 0.05) is 25.3 Å². The number of hydrogen-bond acceptors (Lipinski definition) is 7. The fourth-order valence-corrected chi connectivity index (χ4v) is 2.97. The first-order valence-electron chi connectivity index (χ1n) is 9.97. The van der Waals surface area contributed by atoms with Crippen LogP contribution < -0.4 is 10.6 Å². The maximum atomic E-state index is 12.5. The first-order valence-corrected chi connectivity index (χ1v) is 9.97. The molecule has 0 saturated carbocycles. The molecule has 2 amide bonds. The average Bonchev–Trinajstić information content (AvgIpc) is 2.73. The minimum atomic E-state index is -0.641. The number of ether oxygens (including phenoxy) is 2. The smallest absolute Gasteiger partial charge is 0.410 e. The number of benzene rings is 1. The third-order valence-electron chi connectivity index (χ3n) is 4.56. The fourth-order valence-electron chi connectivity index (χ4n) is 2.97. The van der Waals surface area contributed by atoms with Crippen LogP contribution in [0.1, 0.15) is 44.0 Å². The van der Waals surface area contributed by atoms with Gasteiger partial charge in [0.15, 0.2) is 0 Å². The minimum absolute atomic E-state index is 0.0113. The Bertz CT molecular complexity index is 890. The summed E-state index contributed by atoms with van der Waals surface area (Å²) in [6.07, 6.45) is 2.33. The zero-order valence-electron chi connectivity index (χ0n) is 18.2. The summed E-state index contributed by atoms with van der Waals surface area (Å²) in [7, 11) is 1.25. The van der Waals surface area contributed by atoms with Gasteiger partial charge in [-0.05, 0) is 45.7 Å². The molecular formula is C22H28N4O5. The van der Waals surface area contributed by atoms with E-state index in [1.165, 1.54) is 19.4 Å².